The third-order valence-corrected chi connectivity index (χ3v) is 4.40. The summed E-state index contributed by atoms with van der Waals surface area (Å²) in [5, 5.41) is 5.11. The van der Waals surface area contributed by atoms with E-state index in [4.69, 9.17) is 5.73 Å². The van der Waals surface area contributed by atoms with E-state index in [1.807, 2.05) is 41.8 Å². The van der Waals surface area contributed by atoms with Crippen LogP contribution >= 0.6 is 11.3 Å². The van der Waals surface area contributed by atoms with Gasteiger partial charge in [0.15, 0.2) is 0 Å². The Bertz CT molecular complexity index is 551. The Kier molecular flexibility index (Phi) is 5.53. The van der Waals surface area contributed by atoms with Gasteiger partial charge in [-0.15, -0.1) is 11.3 Å². The van der Waals surface area contributed by atoms with Crippen LogP contribution in [-0.4, -0.2) is 11.9 Å². The number of rotatable bonds is 6. The number of thiophene rings is 1. The van der Waals surface area contributed by atoms with E-state index in [-0.39, 0.29) is 11.9 Å². The molecular formula is C17H22N2OS. The summed E-state index contributed by atoms with van der Waals surface area (Å²) in [6, 6.07) is 13.4. The van der Waals surface area contributed by atoms with Gasteiger partial charge >= 0.3 is 0 Å². The molecule has 0 aliphatic carbocycles. The lowest BCUT2D eigenvalue weighted by atomic mass is 10.0. The second-order valence-electron chi connectivity index (χ2n) is 5.54. The third kappa shape index (κ3) is 4.41. The highest BCUT2D eigenvalue weighted by Crippen LogP contribution is 2.25. The maximum absolute atomic E-state index is 12.3. The second-order valence-corrected chi connectivity index (χ2v) is 6.52. The predicted molar refractivity (Wildman–Crippen MR) is 88.2 cm³/mol. The Morgan fingerprint density at radius 1 is 1.19 bits per heavy atom. The number of nitrogens with two attached hydrogens (primary N) is 1. The summed E-state index contributed by atoms with van der Waals surface area (Å²) in [7, 11) is 0. The summed E-state index contributed by atoms with van der Waals surface area (Å²) in [5.74, 6) is 0.238. The summed E-state index contributed by atoms with van der Waals surface area (Å²) in [5.41, 5.74) is 7.12. The zero-order valence-corrected chi connectivity index (χ0v) is 13.3. The smallest absolute Gasteiger partial charge is 0.237 e. The molecule has 4 heteroatoms. The van der Waals surface area contributed by atoms with Crippen LogP contribution in [0, 0.1) is 5.92 Å². The monoisotopic (exact) mass is 302 g/mol. The molecule has 1 amide bonds. The van der Waals surface area contributed by atoms with Gasteiger partial charge in [-0.2, -0.15) is 0 Å². The lowest BCUT2D eigenvalue weighted by Crippen LogP contribution is -2.44. The van der Waals surface area contributed by atoms with Crippen molar-refractivity contribution in [2.75, 3.05) is 0 Å². The number of hydrogen-bond donors (Lipinski definition) is 2. The van der Waals surface area contributed by atoms with E-state index in [1.165, 1.54) is 4.88 Å². The highest BCUT2D eigenvalue weighted by molar-refractivity contribution is 7.10. The van der Waals surface area contributed by atoms with Gasteiger partial charge in [-0.3, -0.25) is 4.79 Å². The van der Waals surface area contributed by atoms with Gasteiger partial charge in [-0.25, -0.2) is 0 Å². The third-order valence-electron chi connectivity index (χ3n) is 3.45. The minimum absolute atomic E-state index is 0.0272. The van der Waals surface area contributed by atoms with Gasteiger partial charge in [-0.1, -0.05) is 50.2 Å². The number of nitrogens with one attached hydrogen (secondary N) is 1. The van der Waals surface area contributed by atoms with Crippen molar-refractivity contribution in [3.63, 3.8) is 0 Å². The topological polar surface area (TPSA) is 55.1 Å². The van der Waals surface area contributed by atoms with Crippen LogP contribution in [0.15, 0.2) is 47.8 Å². The van der Waals surface area contributed by atoms with Crippen molar-refractivity contribution in [1.82, 2.24) is 5.32 Å². The Morgan fingerprint density at radius 3 is 2.48 bits per heavy atom. The molecule has 0 saturated carbocycles. The molecule has 2 rings (SSSR count). The largest absolute Gasteiger partial charge is 0.347 e. The quantitative estimate of drug-likeness (QED) is 0.861. The van der Waals surface area contributed by atoms with Crippen LogP contribution in [0.5, 0.6) is 0 Å². The van der Waals surface area contributed by atoms with Crippen LogP contribution in [0.2, 0.25) is 0 Å². The number of carbonyl (C=O) groups excluding carboxylic acids is 1. The molecule has 0 saturated heterocycles. The first-order valence-electron chi connectivity index (χ1n) is 7.21. The van der Waals surface area contributed by atoms with E-state index >= 15 is 0 Å². The summed E-state index contributed by atoms with van der Waals surface area (Å²) in [6.07, 6.45) is 0.557. The van der Waals surface area contributed by atoms with Crippen LogP contribution in [0.1, 0.15) is 30.3 Å². The van der Waals surface area contributed by atoms with Crippen LogP contribution in [0.25, 0.3) is 0 Å². The summed E-state index contributed by atoms with van der Waals surface area (Å²) < 4.78 is 0. The Morgan fingerprint density at radius 2 is 1.90 bits per heavy atom. The molecule has 0 spiro atoms. The first-order chi connectivity index (χ1) is 10.1. The van der Waals surface area contributed by atoms with Gasteiger partial charge in [-0.05, 0) is 29.3 Å². The molecular weight excluding hydrogens is 280 g/mol. The lowest BCUT2D eigenvalue weighted by Gasteiger charge is -2.23. The molecule has 3 N–H and O–H groups in total. The lowest BCUT2D eigenvalue weighted by molar-refractivity contribution is -0.123. The Labute approximate surface area is 130 Å². The second kappa shape index (κ2) is 7.38. The van der Waals surface area contributed by atoms with Crippen molar-refractivity contribution >= 4 is 17.2 Å². The maximum atomic E-state index is 12.3. The standard InChI is InChI=1S/C17H22N2OS/c1-12(2)16(15-9-6-10-21-15)19-17(20)14(18)11-13-7-4-3-5-8-13/h3-10,12,14,16H,11,18H2,1-2H3,(H,19,20)/t14-,16?/m1/s1. The fourth-order valence-corrected chi connectivity index (χ4v) is 3.20. The van der Waals surface area contributed by atoms with Crippen LogP contribution < -0.4 is 11.1 Å². The van der Waals surface area contributed by atoms with E-state index in [1.54, 1.807) is 11.3 Å². The number of carbonyl (C=O) groups is 1. The SMILES string of the molecule is CC(C)C(NC(=O)[C@H](N)Cc1ccccc1)c1cccs1. The molecule has 0 radical (unpaired) electrons. The molecule has 1 aromatic carbocycles. The van der Waals surface area contributed by atoms with Gasteiger partial charge < -0.3 is 11.1 Å². The molecule has 112 valence electrons. The molecule has 1 aromatic heterocycles. The first-order valence-corrected chi connectivity index (χ1v) is 8.09. The summed E-state index contributed by atoms with van der Waals surface area (Å²) >= 11 is 1.66. The average molecular weight is 302 g/mol. The van der Waals surface area contributed by atoms with E-state index in [9.17, 15) is 4.79 Å². The molecule has 2 aromatic rings. The van der Waals surface area contributed by atoms with E-state index in [0.29, 0.717) is 12.3 Å². The fourth-order valence-electron chi connectivity index (χ4n) is 2.26. The number of amides is 1. The van der Waals surface area contributed by atoms with Crippen molar-refractivity contribution in [3.05, 3.63) is 58.3 Å². The minimum atomic E-state index is -0.520. The Hall–Kier alpha value is -1.65. The van der Waals surface area contributed by atoms with Crippen molar-refractivity contribution in [2.45, 2.75) is 32.4 Å². The van der Waals surface area contributed by atoms with Crippen LogP contribution in [0.4, 0.5) is 0 Å². The molecule has 0 aliphatic rings. The van der Waals surface area contributed by atoms with Crippen molar-refractivity contribution in [1.29, 1.82) is 0 Å². The molecule has 2 atom stereocenters. The van der Waals surface area contributed by atoms with E-state index < -0.39 is 6.04 Å². The molecule has 0 bridgehead atoms. The highest BCUT2D eigenvalue weighted by Gasteiger charge is 2.22. The van der Waals surface area contributed by atoms with Crippen molar-refractivity contribution < 1.29 is 4.79 Å². The van der Waals surface area contributed by atoms with Gasteiger partial charge in [0.25, 0.3) is 0 Å². The predicted octanol–water partition coefficient (Wildman–Crippen LogP) is 3.13. The van der Waals surface area contributed by atoms with Gasteiger partial charge in [0.2, 0.25) is 5.91 Å². The van der Waals surface area contributed by atoms with E-state index in [0.717, 1.165) is 5.56 Å². The molecule has 1 unspecified atom stereocenters. The average Bonchev–Trinajstić information content (AvgIpc) is 2.99. The first kappa shape index (κ1) is 15.7. The normalized spacial score (nSPS) is 13.9. The Balaban J connectivity index is 1.99. The van der Waals surface area contributed by atoms with E-state index in [2.05, 4.69) is 25.2 Å². The van der Waals surface area contributed by atoms with Gasteiger partial charge in [0.1, 0.15) is 0 Å². The molecule has 1 heterocycles. The number of hydrogen-bond acceptors (Lipinski definition) is 3. The van der Waals surface area contributed by atoms with Crippen LogP contribution in [0.3, 0.4) is 0 Å². The highest BCUT2D eigenvalue weighted by atomic mass is 32.1. The number of benzene rings is 1. The fraction of sp³-hybridized carbons (Fsp3) is 0.353. The van der Waals surface area contributed by atoms with Crippen molar-refractivity contribution in [3.8, 4) is 0 Å². The van der Waals surface area contributed by atoms with Crippen molar-refractivity contribution in [2.24, 2.45) is 11.7 Å². The zero-order chi connectivity index (χ0) is 15.2. The molecule has 21 heavy (non-hydrogen) atoms. The maximum Gasteiger partial charge on any atom is 0.237 e. The van der Waals surface area contributed by atoms with Crippen LogP contribution in [-0.2, 0) is 11.2 Å². The molecule has 0 aliphatic heterocycles. The summed E-state index contributed by atoms with van der Waals surface area (Å²) in [6.45, 7) is 4.21. The zero-order valence-electron chi connectivity index (χ0n) is 12.5. The minimum Gasteiger partial charge on any atom is -0.347 e. The summed E-state index contributed by atoms with van der Waals surface area (Å²) in [4.78, 5) is 13.5. The molecule has 3 nitrogen and oxygen atoms in total. The van der Waals surface area contributed by atoms with Gasteiger partial charge in [0, 0.05) is 4.88 Å². The molecule has 0 fully saturated rings. The van der Waals surface area contributed by atoms with Gasteiger partial charge in [0.05, 0.1) is 12.1 Å².